The number of amides is 1. The largest absolute Gasteiger partial charge is 0.444 e. The number of carbonyl (C=O) groups excluding carboxylic acids is 1. The molecule has 0 N–H and O–H groups in total. The Hall–Kier alpha value is -0.920. The Labute approximate surface area is 182 Å². The van der Waals surface area contributed by atoms with Crippen LogP contribution >= 0.6 is 27.3 Å². The van der Waals surface area contributed by atoms with Gasteiger partial charge in [-0.25, -0.2) is 4.79 Å². The van der Waals surface area contributed by atoms with Crippen LogP contribution in [0.2, 0.25) is 0 Å². The number of likely N-dealkylation sites (tertiary alicyclic amines) is 1. The molecule has 1 aromatic heterocycles. The highest BCUT2D eigenvalue weighted by Crippen LogP contribution is 2.31. The number of rotatable bonds is 5. The van der Waals surface area contributed by atoms with E-state index in [0.29, 0.717) is 12.5 Å². The van der Waals surface area contributed by atoms with Crippen molar-refractivity contribution >= 4 is 40.1 Å². The predicted molar refractivity (Wildman–Crippen MR) is 122 cm³/mol. The molecule has 1 aromatic rings. The quantitative estimate of drug-likeness (QED) is 0.495. The molecule has 1 fully saturated rings. The van der Waals surface area contributed by atoms with Crippen LogP contribution in [0.3, 0.4) is 0 Å². The molecule has 160 valence electrons. The molecule has 0 saturated carbocycles. The van der Waals surface area contributed by atoms with Crippen LogP contribution in [0.1, 0.15) is 56.2 Å². The molecule has 0 bridgehead atoms. The second kappa shape index (κ2) is 12.6. The molecule has 0 aromatic carbocycles. The molecule has 5 nitrogen and oxygen atoms in total. The molecule has 1 atom stereocenters. The lowest BCUT2D eigenvalue weighted by molar-refractivity contribution is 0.0255. The summed E-state index contributed by atoms with van der Waals surface area (Å²) in [5.41, 5.74) is -0.422. The first-order valence-electron chi connectivity index (χ1n) is 9.79. The number of hydrogen-bond acceptors (Lipinski definition) is 5. The van der Waals surface area contributed by atoms with E-state index in [9.17, 15) is 4.79 Å². The number of hydrogen-bond donors (Lipinski definition) is 0. The van der Waals surface area contributed by atoms with Crippen LogP contribution in [0.5, 0.6) is 0 Å². The van der Waals surface area contributed by atoms with Crippen molar-refractivity contribution in [3.05, 3.63) is 20.3 Å². The van der Waals surface area contributed by atoms with Gasteiger partial charge in [0.25, 0.3) is 0 Å². The van der Waals surface area contributed by atoms with Crippen LogP contribution < -0.4 is 0 Å². The fourth-order valence-electron chi connectivity index (χ4n) is 3.14. The van der Waals surface area contributed by atoms with Crippen LogP contribution in [0.15, 0.2) is 15.5 Å². The molecule has 0 radical (unpaired) electrons. The SMILES string of the molecule is C=NC.COCc1cc(Br)c(CCC2CCCN(C(=O)OC(C)(C)C)CC2)s1. The highest BCUT2D eigenvalue weighted by Gasteiger charge is 2.25. The summed E-state index contributed by atoms with van der Waals surface area (Å²) in [6.07, 6.45) is 5.41. The Balaban J connectivity index is 0.00000122. The topological polar surface area (TPSA) is 51.1 Å². The first-order valence-corrected chi connectivity index (χ1v) is 11.4. The zero-order chi connectivity index (χ0) is 21.2. The van der Waals surface area contributed by atoms with Gasteiger partial charge in [-0.2, -0.15) is 0 Å². The Morgan fingerprint density at radius 3 is 2.68 bits per heavy atom. The number of halogens is 1. The van der Waals surface area contributed by atoms with E-state index in [1.54, 1.807) is 14.2 Å². The maximum atomic E-state index is 12.2. The van der Waals surface area contributed by atoms with Gasteiger partial charge in [-0.05, 0) is 87.5 Å². The number of aryl methyl sites for hydroxylation is 1. The van der Waals surface area contributed by atoms with Crippen molar-refractivity contribution in [2.75, 3.05) is 27.2 Å². The van der Waals surface area contributed by atoms with Gasteiger partial charge in [0.1, 0.15) is 5.60 Å². The average Bonchev–Trinajstić information content (AvgIpc) is 2.80. The summed E-state index contributed by atoms with van der Waals surface area (Å²) in [6.45, 7) is 11.2. The van der Waals surface area contributed by atoms with E-state index >= 15 is 0 Å². The highest BCUT2D eigenvalue weighted by atomic mass is 79.9. The van der Waals surface area contributed by atoms with Crippen LogP contribution in [0.4, 0.5) is 4.79 Å². The summed E-state index contributed by atoms with van der Waals surface area (Å²) in [5.74, 6) is 0.673. The summed E-state index contributed by atoms with van der Waals surface area (Å²) in [6, 6.07) is 2.17. The molecule has 28 heavy (non-hydrogen) atoms. The lowest BCUT2D eigenvalue weighted by Crippen LogP contribution is -2.37. The molecule has 1 unspecified atom stereocenters. The summed E-state index contributed by atoms with van der Waals surface area (Å²) in [7, 11) is 3.37. The molecular weight excluding hydrogens is 440 g/mol. The lowest BCUT2D eigenvalue weighted by Gasteiger charge is -2.26. The van der Waals surface area contributed by atoms with Crippen molar-refractivity contribution in [3.63, 3.8) is 0 Å². The fraction of sp³-hybridized carbons (Fsp3) is 0.714. The molecule has 7 heteroatoms. The van der Waals surface area contributed by atoms with Gasteiger partial charge in [0, 0.05) is 41.5 Å². The van der Waals surface area contributed by atoms with Crippen LogP contribution in [-0.2, 0) is 22.5 Å². The van der Waals surface area contributed by atoms with E-state index in [1.807, 2.05) is 37.0 Å². The second-order valence-electron chi connectivity index (χ2n) is 8.04. The van der Waals surface area contributed by atoms with Gasteiger partial charge in [0.2, 0.25) is 0 Å². The zero-order valence-electron chi connectivity index (χ0n) is 17.9. The fourth-order valence-corrected chi connectivity index (χ4v) is 5.06. The van der Waals surface area contributed by atoms with Crippen molar-refractivity contribution in [3.8, 4) is 0 Å². The average molecular weight is 475 g/mol. The third-order valence-corrected chi connectivity index (χ3v) is 6.51. The third-order valence-electron chi connectivity index (χ3n) is 4.37. The van der Waals surface area contributed by atoms with Gasteiger partial charge < -0.3 is 19.4 Å². The first kappa shape index (κ1) is 25.1. The maximum Gasteiger partial charge on any atom is 0.410 e. The molecule has 2 rings (SSSR count). The normalized spacial score (nSPS) is 17.4. The number of nitrogens with zero attached hydrogens (tertiary/aromatic N) is 2. The standard InChI is InChI=1S/C19H30BrNO3S.C2H5N/c1-19(2,3)24-18(22)21-10-5-6-14(9-11-21)7-8-17-16(20)12-15(25-17)13-23-4;1-3-2/h12,14H,5-11,13H2,1-4H3;1H2,2H3. The number of methoxy groups -OCH3 is 1. The van der Waals surface area contributed by atoms with Gasteiger partial charge >= 0.3 is 6.09 Å². The second-order valence-corrected chi connectivity index (χ2v) is 10.1. The smallest absolute Gasteiger partial charge is 0.410 e. The number of aliphatic imine (C=N–C) groups is 1. The van der Waals surface area contributed by atoms with Gasteiger partial charge in [-0.3, -0.25) is 0 Å². The zero-order valence-corrected chi connectivity index (χ0v) is 20.3. The van der Waals surface area contributed by atoms with E-state index in [-0.39, 0.29) is 6.09 Å². The Morgan fingerprint density at radius 1 is 1.39 bits per heavy atom. The summed E-state index contributed by atoms with van der Waals surface area (Å²) in [4.78, 5) is 20.0. The van der Waals surface area contributed by atoms with Crippen molar-refractivity contribution in [2.24, 2.45) is 10.9 Å². The minimum Gasteiger partial charge on any atom is -0.444 e. The monoisotopic (exact) mass is 474 g/mol. The van der Waals surface area contributed by atoms with Crippen LogP contribution in [-0.4, -0.2) is 50.6 Å². The van der Waals surface area contributed by atoms with E-state index < -0.39 is 5.60 Å². The molecule has 0 spiro atoms. The number of carbonyl (C=O) groups is 1. The maximum absolute atomic E-state index is 12.2. The van der Waals surface area contributed by atoms with Gasteiger partial charge in [-0.1, -0.05) is 0 Å². The minimum absolute atomic E-state index is 0.168. The highest BCUT2D eigenvalue weighted by molar-refractivity contribution is 9.10. The Bertz CT molecular complexity index is 613. The lowest BCUT2D eigenvalue weighted by atomic mass is 9.95. The molecule has 1 aliphatic heterocycles. The van der Waals surface area contributed by atoms with Crippen molar-refractivity contribution in [1.29, 1.82) is 0 Å². The first-order chi connectivity index (χ1) is 13.2. The Kier molecular flexibility index (Phi) is 11.3. The molecule has 1 amide bonds. The van der Waals surface area contributed by atoms with Crippen LogP contribution in [0, 0.1) is 5.92 Å². The van der Waals surface area contributed by atoms with Gasteiger partial charge in [0.15, 0.2) is 0 Å². The van der Waals surface area contributed by atoms with Crippen molar-refractivity contribution in [1.82, 2.24) is 4.90 Å². The van der Waals surface area contributed by atoms with E-state index in [2.05, 4.69) is 33.7 Å². The summed E-state index contributed by atoms with van der Waals surface area (Å²) in [5, 5.41) is 0. The predicted octanol–water partition coefficient (Wildman–Crippen LogP) is 5.94. The van der Waals surface area contributed by atoms with E-state index in [4.69, 9.17) is 9.47 Å². The van der Waals surface area contributed by atoms with E-state index in [0.717, 1.165) is 32.4 Å². The minimum atomic E-state index is -0.422. The molecule has 0 aliphatic carbocycles. The molecule has 1 aliphatic rings. The van der Waals surface area contributed by atoms with Gasteiger partial charge in [-0.15, -0.1) is 11.3 Å². The number of ether oxygens (including phenoxy) is 2. The van der Waals surface area contributed by atoms with Crippen molar-refractivity contribution < 1.29 is 14.3 Å². The Morgan fingerprint density at radius 2 is 2.07 bits per heavy atom. The van der Waals surface area contributed by atoms with Gasteiger partial charge in [0.05, 0.1) is 6.61 Å². The molecular formula is C21H35BrN2O3S. The summed E-state index contributed by atoms with van der Waals surface area (Å²) < 4.78 is 11.9. The molecule has 2 heterocycles. The third kappa shape index (κ3) is 9.52. The molecule has 1 saturated heterocycles. The van der Waals surface area contributed by atoms with E-state index in [1.165, 1.54) is 27.1 Å². The van der Waals surface area contributed by atoms with Crippen molar-refractivity contribution in [2.45, 2.75) is 65.1 Å². The summed E-state index contributed by atoms with van der Waals surface area (Å²) >= 11 is 5.50. The van der Waals surface area contributed by atoms with Crippen LogP contribution in [0.25, 0.3) is 0 Å². The number of thiophene rings is 1.